The van der Waals surface area contributed by atoms with Crippen molar-refractivity contribution in [3.8, 4) is 0 Å². The summed E-state index contributed by atoms with van der Waals surface area (Å²) >= 11 is 0. The molecule has 1 saturated carbocycles. The highest BCUT2D eigenvalue weighted by Crippen LogP contribution is 2.51. The molecule has 1 unspecified atom stereocenters. The van der Waals surface area contributed by atoms with Crippen LogP contribution in [-0.2, 0) is 13.5 Å². The summed E-state index contributed by atoms with van der Waals surface area (Å²) in [6.45, 7) is 2.28. The molecule has 3 heteroatoms. The van der Waals surface area contributed by atoms with Gasteiger partial charge in [-0.05, 0) is 44.2 Å². The van der Waals surface area contributed by atoms with E-state index in [2.05, 4.69) is 23.5 Å². The second kappa shape index (κ2) is 3.39. The van der Waals surface area contributed by atoms with Gasteiger partial charge in [0.15, 0.2) is 0 Å². The van der Waals surface area contributed by atoms with Crippen LogP contribution in [0.4, 0.5) is 0 Å². The minimum atomic E-state index is 0.512. The molecule has 1 aromatic rings. The molecule has 1 fully saturated rings. The molecule has 78 valence electrons. The summed E-state index contributed by atoms with van der Waals surface area (Å²) in [6.07, 6.45) is 7.99. The van der Waals surface area contributed by atoms with E-state index in [0.29, 0.717) is 11.5 Å². The zero-order valence-electron chi connectivity index (χ0n) is 9.25. The Kier molecular flexibility index (Phi) is 2.35. The van der Waals surface area contributed by atoms with Gasteiger partial charge in [-0.1, -0.05) is 0 Å². The molecule has 1 atom stereocenters. The van der Waals surface area contributed by atoms with Gasteiger partial charge in [-0.3, -0.25) is 4.68 Å². The van der Waals surface area contributed by atoms with Crippen LogP contribution >= 0.6 is 0 Å². The van der Waals surface area contributed by atoms with Crippen molar-refractivity contribution in [2.45, 2.75) is 32.2 Å². The highest BCUT2D eigenvalue weighted by molar-refractivity contribution is 5.13. The van der Waals surface area contributed by atoms with Gasteiger partial charge in [0.1, 0.15) is 0 Å². The first-order chi connectivity index (χ1) is 6.66. The van der Waals surface area contributed by atoms with Gasteiger partial charge >= 0.3 is 0 Å². The molecule has 1 heterocycles. The van der Waals surface area contributed by atoms with Crippen LogP contribution in [0.3, 0.4) is 0 Å². The predicted molar refractivity (Wildman–Crippen MR) is 57.1 cm³/mol. The first kappa shape index (κ1) is 9.71. The number of aryl methyl sites for hydroxylation is 1. The number of nitrogens with zero attached hydrogens (tertiary/aromatic N) is 2. The summed E-state index contributed by atoms with van der Waals surface area (Å²) in [7, 11) is 4.03. The van der Waals surface area contributed by atoms with Gasteiger partial charge in [0.25, 0.3) is 0 Å². The molecule has 14 heavy (non-hydrogen) atoms. The zero-order valence-corrected chi connectivity index (χ0v) is 9.25. The minimum Gasteiger partial charge on any atom is -0.317 e. The summed E-state index contributed by atoms with van der Waals surface area (Å²) in [5.41, 5.74) is 1.88. The lowest BCUT2D eigenvalue weighted by Crippen LogP contribution is -2.33. The Bertz CT molecular complexity index is 312. The Labute approximate surface area is 85.5 Å². The summed E-state index contributed by atoms with van der Waals surface area (Å²) in [6, 6.07) is 0.614. The molecule has 0 aliphatic heterocycles. The van der Waals surface area contributed by atoms with Crippen molar-refractivity contribution in [3.63, 3.8) is 0 Å². The average molecular weight is 193 g/mol. The van der Waals surface area contributed by atoms with Crippen molar-refractivity contribution in [2.24, 2.45) is 12.5 Å². The van der Waals surface area contributed by atoms with E-state index in [-0.39, 0.29) is 0 Å². The molecule has 1 aliphatic carbocycles. The Hall–Kier alpha value is -0.830. The maximum Gasteiger partial charge on any atom is 0.0521 e. The lowest BCUT2D eigenvalue weighted by Gasteiger charge is -2.22. The number of hydrogen-bond donors (Lipinski definition) is 1. The van der Waals surface area contributed by atoms with Gasteiger partial charge in [0.05, 0.1) is 6.20 Å². The van der Waals surface area contributed by atoms with Crippen LogP contribution in [-0.4, -0.2) is 22.9 Å². The van der Waals surface area contributed by atoms with E-state index in [1.54, 1.807) is 0 Å². The van der Waals surface area contributed by atoms with Gasteiger partial charge in [-0.2, -0.15) is 5.10 Å². The smallest absolute Gasteiger partial charge is 0.0521 e. The second-order valence-electron chi connectivity index (χ2n) is 4.57. The molecule has 1 N–H and O–H groups in total. The van der Waals surface area contributed by atoms with E-state index in [0.717, 1.165) is 0 Å². The van der Waals surface area contributed by atoms with E-state index in [1.165, 1.54) is 24.8 Å². The summed E-state index contributed by atoms with van der Waals surface area (Å²) in [4.78, 5) is 0. The van der Waals surface area contributed by atoms with Gasteiger partial charge in [0, 0.05) is 19.3 Å². The van der Waals surface area contributed by atoms with E-state index >= 15 is 0 Å². The van der Waals surface area contributed by atoms with Crippen LogP contribution in [0, 0.1) is 5.41 Å². The monoisotopic (exact) mass is 193 g/mol. The van der Waals surface area contributed by atoms with Crippen LogP contribution in [0.1, 0.15) is 25.3 Å². The maximum absolute atomic E-state index is 4.21. The van der Waals surface area contributed by atoms with Crippen LogP contribution in [0.15, 0.2) is 12.4 Å². The summed E-state index contributed by atoms with van der Waals surface area (Å²) in [5, 5.41) is 7.58. The maximum atomic E-state index is 4.21. The lowest BCUT2D eigenvalue weighted by molar-refractivity contribution is 0.369. The van der Waals surface area contributed by atoms with Gasteiger partial charge in [-0.15, -0.1) is 0 Å². The van der Waals surface area contributed by atoms with Crippen molar-refractivity contribution >= 4 is 0 Å². The third kappa shape index (κ3) is 1.69. The number of hydrogen-bond acceptors (Lipinski definition) is 2. The molecule has 0 bridgehead atoms. The van der Waals surface area contributed by atoms with Gasteiger partial charge < -0.3 is 5.32 Å². The van der Waals surface area contributed by atoms with Crippen molar-refractivity contribution in [2.75, 3.05) is 7.05 Å². The van der Waals surface area contributed by atoms with Crippen molar-refractivity contribution < 1.29 is 0 Å². The molecule has 0 amide bonds. The molecule has 1 aromatic heterocycles. The van der Waals surface area contributed by atoms with E-state index < -0.39 is 0 Å². The fourth-order valence-corrected chi connectivity index (χ4v) is 2.20. The van der Waals surface area contributed by atoms with Crippen molar-refractivity contribution in [1.82, 2.24) is 15.1 Å². The fraction of sp³-hybridized carbons (Fsp3) is 0.727. The molecular formula is C11H19N3. The first-order valence-electron chi connectivity index (χ1n) is 5.31. The molecule has 0 saturated heterocycles. The third-order valence-electron chi connectivity index (χ3n) is 3.56. The second-order valence-corrected chi connectivity index (χ2v) is 4.57. The lowest BCUT2D eigenvalue weighted by atomic mass is 9.91. The highest BCUT2D eigenvalue weighted by Gasteiger charge is 2.46. The molecule has 0 aromatic carbocycles. The zero-order chi connectivity index (χ0) is 10.2. The summed E-state index contributed by atoms with van der Waals surface area (Å²) < 4.78 is 1.88. The topological polar surface area (TPSA) is 29.9 Å². The number of aromatic nitrogens is 2. The van der Waals surface area contributed by atoms with Crippen LogP contribution in [0.5, 0.6) is 0 Å². The summed E-state index contributed by atoms with van der Waals surface area (Å²) in [5.74, 6) is 0. The van der Waals surface area contributed by atoms with E-state index in [9.17, 15) is 0 Å². The number of nitrogens with one attached hydrogen (secondary N) is 1. The molecule has 0 spiro atoms. The van der Waals surface area contributed by atoms with E-state index in [1.807, 2.05) is 25.0 Å². The Morgan fingerprint density at radius 2 is 2.36 bits per heavy atom. The quantitative estimate of drug-likeness (QED) is 0.782. The molecule has 0 radical (unpaired) electrons. The molecule has 3 nitrogen and oxygen atoms in total. The minimum absolute atomic E-state index is 0.512. The largest absolute Gasteiger partial charge is 0.317 e. The van der Waals surface area contributed by atoms with Gasteiger partial charge in [-0.25, -0.2) is 0 Å². The Morgan fingerprint density at radius 3 is 2.79 bits per heavy atom. The molecule has 1 aliphatic rings. The Balaban J connectivity index is 2.04. The average Bonchev–Trinajstić information content (AvgIpc) is 2.84. The van der Waals surface area contributed by atoms with Crippen LogP contribution in [0.2, 0.25) is 0 Å². The fourth-order valence-electron chi connectivity index (χ4n) is 2.20. The first-order valence-corrected chi connectivity index (χ1v) is 5.31. The van der Waals surface area contributed by atoms with Crippen molar-refractivity contribution in [1.29, 1.82) is 0 Å². The Morgan fingerprint density at radius 1 is 1.64 bits per heavy atom. The van der Waals surface area contributed by atoms with Gasteiger partial charge in [0.2, 0.25) is 0 Å². The van der Waals surface area contributed by atoms with Crippen LogP contribution < -0.4 is 5.32 Å². The molecular weight excluding hydrogens is 174 g/mol. The van der Waals surface area contributed by atoms with Crippen molar-refractivity contribution in [3.05, 3.63) is 18.0 Å². The van der Waals surface area contributed by atoms with Crippen LogP contribution in [0.25, 0.3) is 0 Å². The highest BCUT2D eigenvalue weighted by atomic mass is 15.2. The predicted octanol–water partition coefficient (Wildman–Crippen LogP) is 1.35. The molecule has 2 rings (SSSR count). The standard InChI is InChI=1S/C11H19N3/c1-9(12-2)11(4-5-11)6-10-7-13-14(3)8-10/h7-9,12H,4-6H2,1-3H3. The van der Waals surface area contributed by atoms with E-state index in [4.69, 9.17) is 0 Å². The SMILES string of the molecule is CNC(C)C1(Cc2cnn(C)c2)CC1. The number of rotatable bonds is 4. The normalized spacial score (nSPS) is 20.8. The third-order valence-corrected chi connectivity index (χ3v) is 3.56.